The Morgan fingerprint density at radius 1 is 1.56 bits per heavy atom. The Bertz CT molecular complexity index is 292. The van der Waals surface area contributed by atoms with Crippen molar-refractivity contribution in [3.8, 4) is 0 Å². The van der Waals surface area contributed by atoms with E-state index in [-0.39, 0.29) is 17.2 Å². The quantitative estimate of drug-likeness (QED) is 0.781. The van der Waals surface area contributed by atoms with E-state index >= 15 is 0 Å². The van der Waals surface area contributed by atoms with Crippen LogP contribution in [0.5, 0.6) is 0 Å². The lowest BCUT2D eigenvalue weighted by Gasteiger charge is -2.24. The van der Waals surface area contributed by atoms with Gasteiger partial charge in [0.2, 0.25) is 5.91 Å². The van der Waals surface area contributed by atoms with Crippen LogP contribution in [-0.2, 0) is 4.79 Å². The first-order valence-corrected chi connectivity index (χ1v) is 7.42. The summed E-state index contributed by atoms with van der Waals surface area (Å²) in [6, 6.07) is 0.658. The van der Waals surface area contributed by atoms with E-state index in [1.807, 2.05) is 27.8 Å². The minimum absolute atomic E-state index is 0.0380. The lowest BCUT2D eigenvalue weighted by molar-refractivity contribution is -0.130. The van der Waals surface area contributed by atoms with Gasteiger partial charge in [0.15, 0.2) is 0 Å². The predicted molar refractivity (Wildman–Crippen MR) is 74.3 cm³/mol. The minimum Gasteiger partial charge on any atom is -0.342 e. The van der Waals surface area contributed by atoms with Gasteiger partial charge in [-0.15, -0.1) is 0 Å². The van der Waals surface area contributed by atoms with Gasteiger partial charge in [0.1, 0.15) is 4.38 Å². The summed E-state index contributed by atoms with van der Waals surface area (Å²) < 4.78 is 1.06. The molecule has 0 unspecified atom stereocenters. The second kappa shape index (κ2) is 5.96. The normalized spacial score (nSPS) is 22.1. The molecule has 0 radical (unpaired) electrons. The molecule has 1 amide bonds. The van der Waals surface area contributed by atoms with Gasteiger partial charge in [0, 0.05) is 18.8 Å². The molecule has 0 N–H and O–H groups in total. The van der Waals surface area contributed by atoms with Crippen LogP contribution in [-0.4, -0.2) is 45.3 Å². The molecule has 3 nitrogen and oxygen atoms in total. The van der Waals surface area contributed by atoms with Crippen molar-refractivity contribution in [3.05, 3.63) is 0 Å². The highest BCUT2D eigenvalue weighted by Crippen LogP contribution is 2.29. The van der Waals surface area contributed by atoms with E-state index in [4.69, 9.17) is 0 Å². The summed E-state index contributed by atoms with van der Waals surface area (Å²) in [7, 11) is 1.86. The van der Waals surface area contributed by atoms with Crippen molar-refractivity contribution in [2.75, 3.05) is 12.8 Å². The molecular weight excluding hydrogens is 240 g/mol. The molecule has 2 atom stereocenters. The number of aliphatic imine (C=N–C) groups is 1. The minimum atomic E-state index is -0.0380. The van der Waals surface area contributed by atoms with Crippen LogP contribution in [0.2, 0.25) is 0 Å². The van der Waals surface area contributed by atoms with Gasteiger partial charge in [0.25, 0.3) is 0 Å². The molecule has 1 rings (SSSR count). The molecule has 0 saturated heterocycles. The monoisotopic (exact) mass is 260 g/mol. The molecule has 92 valence electrons. The van der Waals surface area contributed by atoms with E-state index in [0.717, 1.165) is 10.1 Å². The van der Waals surface area contributed by atoms with Gasteiger partial charge in [-0.25, -0.2) is 0 Å². The van der Waals surface area contributed by atoms with Gasteiger partial charge in [-0.2, -0.15) is 0 Å². The fraction of sp³-hybridized carbons (Fsp3) is 0.818. The van der Waals surface area contributed by atoms with Gasteiger partial charge in [-0.1, -0.05) is 23.5 Å². The van der Waals surface area contributed by atoms with E-state index in [1.165, 1.54) is 0 Å². The van der Waals surface area contributed by atoms with Crippen LogP contribution in [0, 0.1) is 0 Å². The summed E-state index contributed by atoms with van der Waals surface area (Å²) in [4.78, 5) is 18.3. The van der Waals surface area contributed by atoms with E-state index in [9.17, 15) is 4.79 Å². The Kier molecular flexibility index (Phi) is 5.18. The maximum Gasteiger partial charge on any atom is 0.235 e. The van der Waals surface area contributed by atoms with E-state index < -0.39 is 0 Å². The molecule has 0 fully saturated rings. The summed E-state index contributed by atoms with van der Waals surface area (Å²) in [5, 5.41) is -0.0380. The second-order valence-corrected chi connectivity index (χ2v) is 6.95. The molecular formula is C11H20N2OS2. The number of nitrogens with zero attached hydrogens (tertiary/aromatic N) is 2. The Hall–Kier alpha value is -0.160. The first-order chi connectivity index (χ1) is 7.41. The molecule has 1 aliphatic rings. The molecule has 5 heteroatoms. The number of carbonyl (C=O) groups is 1. The van der Waals surface area contributed by atoms with Crippen molar-refractivity contribution < 1.29 is 4.79 Å². The number of rotatable bonds is 3. The van der Waals surface area contributed by atoms with Crippen molar-refractivity contribution in [1.82, 2.24) is 4.90 Å². The zero-order chi connectivity index (χ0) is 12.3. The lowest BCUT2D eigenvalue weighted by Crippen LogP contribution is -2.38. The number of carbonyl (C=O) groups excluding carboxylic acids is 1. The van der Waals surface area contributed by atoms with Crippen molar-refractivity contribution >= 4 is 33.8 Å². The van der Waals surface area contributed by atoms with Crippen LogP contribution in [0.1, 0.15) is 27.7 Å². The summed E-state index contributed by atoms with van der Waals surface area (Å²) in [6.45, 7) is 8.11. The predicted octanol–water partition coefficient (Wildman–Crippen LogP) is 2.47. The summed E-state index contributed by atoms with van der Waals surface area (Å²) >= 11 is 3.35. The van der Waals surface area contributed by atoms with Gasteiger partial charge >= 0.3 is 0 Å². The fourth-order valence-electron chi connectivity index (χ4n) is 1.25. The molecule has 1 aliphatic heterocycles. The second-order valence-electron chi connectivity index (χ2n) is 4.36. The Balaban J connectivity index is 2.49. The van der Waals surface area contributed by atoms with Crippen LogP contribution in [0.25, 0.3) is 0 Å². The zero-order valence-corrected chi connectivity index (χ0v) is 12.2. The molecule has 0 bridgehead atoms. The average molecular weight is 260 g/mol. The van der Waals surface area contributed by atoms with Gasteiger partial charge in [-0.3, -0.25) is 9.79 Å². The summed E-state index contributed by atoms with van der Waals surface area (Å²) in [6.07, 6.45) is 0. The standard InChI is InChI=1S/C11H20N2OS2/c1-7(2)13(5)10(14)9(4)16-11-12-8(3)6-15-11/h7-9H,6H2,1-5H3/t8-,9-/m0/s1. The third-order valence-corrected chi connectivity index (χ3v) is 5.03. The van der Waals surface area contributed by atoms with Crippen LogP contribution in [0.4, 0.5) is 0 Å². The maximum atomic E-state index is 12.0. The third-order valence-electron chi connectivity index (χ3n) is 2.52. The largest absolute Gasteiger partial charge is 0.342 e. The molecule has 0 aliphatic carbocycles. The van der Waals surface area contributed by atoms with Crippen molar-refractivity contribution in [2.24, 2.45) is 4.99 Å². The Morgan fingerprint density at radius 3 is 2.62 bits per heavy atom. The molecule has 0 spiro atoms. The van der Waals surface area contributed by atoms with Gasteiger partial charge in [0.05, 0.1) is 11.3 Å². The number of hydrogen-bond acceptors (Lipinski definition) is 4. The number of hydrogen-bond donors (Lipinski definition) is 0. The third kappa shape index (κ3) is 3.70. The molecule has 0 aromatic heterocycles. The van der Waals surface area contributed by atoms with Crippen LogP contribution >= 0.6 is 23.5 Å². The molecule has 0 aromatic rings. The number of thioether (sulfide) groups is 2. The zero-order valence-electron chi connectivity index (χ0n) is 10.6. The van der Waals surface area contributed by atoms with E-state index in [2.05, 4.69) is 11.9 Å². The molecule has 0 aromatic carbocycles. The van der Waals surface area contributed by atoms with Crippen LogP contribution < -0.4 is 0 Å². The fourth-order valence-corrected chi connectivity index (χ4v) is 3.69. The molecule has 0 saturated carbocycles. The van der Waals surface area contributed by atoms with Gasteiger partial charge in [-0.05, 0) is 27.7 Å². The summed E-state index contributed by atoms with van der Waals surface area (Å²) in [5.41, 5.74) is 0. The van der Waals surface area contributed by atoms with Gasteiger partial charge < -0.3 is 4.90 Å². The summed E-state index contributed by atoms with van der Waals surface area (Å²) in [5.74, 6) is 1.23. The van der Waals surface area contributed by atoms with E-state index in [0.29, 0.717) is 6.04 Å². The first-order valence-electron chi connectivity index (χ1n) is 5.55. The highest BCUT2D eigenvalue weighted by atomic mass is 32.2. The molecule has 16 heavy (non-hydrogen) atoms. The van der Waals surface area contributed by atoms with Crippen molar-refractivity contribution in [2.45, 2.75) is 45.0 Å². The smallest absolute Gasteiger partial charge is 0.235 e. The van der Waals surface area contributed by atoms with Crippen LogP contribution in [0.3, 0.4) is 0 Å². The molecule has 1 heterocycles. The number of amides is 1. The first kappa shape index (κ1) is 13.9. The Labute approximate surface area is 106 Å². The highest BCUT2D eigenvalue weighted by molar-refractivity contribution is 8.39. The maximum absolute atomic E-state index is 12.0. The van der Waals surface area contributed by atoms with Crippen molar-refractivity contribution in [1.29, 1.82) is 0 Å². The lowest BCUT2D eigenvalue weighted by atomic mass is 10.3. The topological polar surface area (TPSA) is 32.7 Å². The SMILES string of the molecule is CC(C)N(C)C(=O)[C@H](C)SC1=N[C@@H](C)CS1. The van der Waals surface area contributed by atoms with Crippen LogP contribution in [0.15, 0.2) is 4.99 Å². The van der Waals surface area contributed by atoms with Crippen molar-refractivity contribution in [3.63, 3.8) is 0 Å². The Morgan fingerprint density at radius 2 is 2.19 bits per heavy atom. The van der Waals surface area contributed by atoms with E-state index in [1.54, 1.807) is 28.4 Å². The highest BCUT2D eigenvalue weighted by Gasteiger charge is 2.24. The average Bonchev–Trinajstić information content (AvgIpc) is 2.61.